The number of carbonyl (C=O) groups is 1. The van der Waals surface area contributed by atoms with Crippen molar-refractivity contribution in [1.29, 1.82) is 0 Å². The summed E-state index contributed by atoms with van der Waals surface area (Å²) in [6, 6.07) is 14.8. The highest BCUT2D eigenvalue weighted by Gasteiger charge is 2.14. The lowest BCUT2D eigenvalue weighted by Crippen LogP contribution is -2.20. The molecule has 0 unspecified atom stereocenters. The van der Waals surface area contributed by atoms with Crippen molar-refractivity contribution in [1.82, 2.24) is 0 Å². The molecule has 3 rings (SSSR count). The molecule has 0 radical (unpaired) electrons. The summed E-state index contributed by atoms with van der Waals surface area (Å²) in [6.07, 6.45) is 3.32. The van der Waals surface area contributed by atoms with Crippen LogP contribution in [-0.4, -0.2) is 5.91 Å². The number of rotatable bonds is 5. The zero-order valence-electron chi connectivity index (χ0n) is 14.5. The van der Waals surface area contributed by atoms with Gasteiger partial charge >= 0.3 is 5.63 Å². The molecule has 0 saturated carbocycles. The van der Waals surface area contributed by atoms with Crippen LogP contribution < -0.4 is 10.9 Å². The summed E-state index contributed by atoms with van der Waals surface area (Å²) in [7, 11) is 0. The summed E-state index contributed by atoms with van der Waals surface area (Å²) < 4.78 is 5.25. The molecule has 1 heterocycles. The summed E-state index contributed by atoms with van der Waals surface area (Å²) in [4.78, 5) is 24.5. The smallest absolute Gasteiger partial charge is 0.349 e. The Balaban J connectivity index is 1.82. The van der Waals surface area contributed by atoms with Gasteiger partial charge in [-0.15, -0.1) is 0 Å². The highest BCUT2D eigenvalue weighted by molar-refractivity contribution is 6.05. The van der Waals surface area contributed by atoms with Crippen LogP contribution in [0.2, 0.25) is 0 Å². The average Bonchev–Trinajstić information content (AvgIpc) is 2.61. The Morgan fingerprint density at radius 3 is 2.56 bits per heavy atom. The molecule has 25 heavy (non-hydrogen) atoms. The second kappa shape index (κ2) is 7.34. The van der Waals surface area contributed by atoms with Crippen molar-refractivity contribution in [3.63, 3.8) is 0 Å². The van der Waals surface area contributed by atoms with Crippen molar-refractivity contribution >= 4 is 22.6 Å². The van der Waals surface area contributed by atoms with E-state index in [1.54, 1.807) is 12.1 Å². The largest absolute Gasteiger partial charge is 0.422 e. The molecule has 0 aliphatic heterocycles. The molecule has 0 aliphatic carbocycles. The first-order chi connectivity index (χ1) is 12.1. The Bertz CT molecular complexity index is 955. The number of amides is 1. The third-order valence-corrected chi connectivity index (χ3v) is 4.16. The minimum Gasteiger partial charge on any atom is -0.422 e. The van der Waals surface area contributed by atoms with Crippen LogP contribution >= 0.6 is 0 Å². The van der Waals surface area contributed by atoms with Crippen LogP contribution in [0.1, 0.15) is 41.3 Å². The van der Waals surface area contributed by atoms with Crippen molar-refractivity contribution in [3.05, 3.63) is 75.6 Å². The van der Waals surface area contributed by atoms with Crippen LogP contribution in [0.5, 0.6) is 0 Å². The first-order valence-corrected chi connectivity index (χ1v) is 8.51. The molecule has 4 heteroatoms. The fourth-order valence-corrected chi connectivity index (χ4v) is 2.74. The van der Waals surface area contributed by atoms with Gasteiger partial charge in [-0.1, -0.05) is 37.1 Å². The van der Waals surface area contributed by atoms with E-state index in [0.717, 1.165) is 30.2 Å². The first kappa shape index (κ1) is 17.0. The SMILES string of the molecule is CCCCc1ccc(NC(=O)c2cc3cc(C)ccc3oc2=O)cc1. The molecule has 0 atom stereocenters. The fraction of sp³-hybridized carbons (Fsp3) is 0.238. The second-order valence-corrected chi connectivity index (χ2v) is 6.24. The number of benzene rings is 2. The molecular weight excluding hydrogens is 314 g/mol. The predicted molar refractivity (Wildman–Crippen MR) is 100 cm³/mol. The Hall–Kier alpha value is -2.88. The van der Waals surface area contributed by atoms with Crippen molar-refractivity contribution < 1.29 is 9.21 Å². The lowest BCUT2D eigenvalue weighted by atomic mass is 10.1. The molecule has 0 saturated heterocycles. The fourth-order valence-electron chi connectivity index (χ4n) is 2.74. The number of unbranched alkanes of at least 4 members (excludes halogenated alkanes) is 1. The monoisotopic (exact) mass is 335 g/mol. The molecule has 128 valence electrons. The van der Waals surface area contributed by atoms with E-state index in [1.807, 2.05) is 43.3 Å². The maximum atomic E-state index is 12.4. The summed E-state index contributed by atoms with van der Waals surface area (Å²) in [5, 5.41) is 3.50. The van der Waals surface area contributed by atoms with E-state index in [-0.39, 0.29) is 5.56 Å². The van der Waals surface area contributed by atoms with Gasteiger partial charge in [-0.3, -0.25) is 4.79 Å². The summed E-state index contributed by atoms with van der Waals surface area (Å²) in [5.41, 5.74) is 2.79. The zero-order valence-corrected chi connectivity index (χ0v) is 14.5. The average molecular weight is 335 g/mol. The third-order valence-electron chi connectivity index (χ3n) is 4.16. The molecule has 1 N–H and O–H groups in total. The minimum absolute atomic E-state index is 0.00756. The van der Waals surface area contributed by atoms with E-state index >= 15 is 0 Å². The van der Waals surface area contributed by atoms with E-state index < -0.39 is 11.5 Å². The number of carbonyl (C=O) groups excluding carboxylic acids is 1. The number of nitrogens with one attached hydrogen (secondary N) is 1. The lowest BCUT2D eigenvalue weighted by molar-refractivity contribution is 0.102. The Morgan fingerprint density at radius 1 is 1.08 bits per heavy atom. The van der Waals surface area contributed by atoms with Crippen molar-refractivity contribution in [2.24, 2.45) is 0 Å². The van der Waals surface area contributed by atoms with Crippen LogP contribution in [0.25, 0.3) is 11.0 Å². The minimum atomic E-state index is -0.631. The molecule has 2 aromatic carbocycles. The summed E-state index contributed by atoms with van der Waals surface area (Å²) >= 11 is 0. The van der Waals surface area contributed by atoms with Gasteiger partial charge in [0.05, 0.1) is 0 Å². The molecule has 3 aromatic rings. The maximum Gasteiger partial charge on any atom is 0.349 e. The Labute approximate surface area is 146 Å². The van der Waals surface area contributed by atoms with Gasteiger partial charge in [0.1, 0.15) is 11.1 Å². The standard InChI is InChI=1S/C21H21NO3/c1-3-4-5-15-7-9-17(10-8-15)22-20(23)18-13-16-12-14(2)6-11-19(16)25-21(18)24/h6-13H,3-5H2,1-2H3,(H,22,23). The third kappa shape index (κ3) is 3.97. The van der Waals surface area contributed by atoms with Crippen LogP contribution in [0.3, 0.4) is 0 Å². The van der Waals surface area contributed by atoms with Crippen LogP contribution in [0.15, 0.2) is 57.7 Å². The quantitative estimate of drug-likeness (QED) is 0.688. The van der Waals surface area contributed by atoms with E-state index in [1.165, 1.54) is 5.56 Å². The molecule has 0 spiro atoms. The van der Waals surface area contributed by atoms with Gasteiger partial charge in [0.15, 0.2) is 0 Å². The summed E-state index contributed by atoms with van der Waals surface area (Å²) in [5.74, 6) is -0.460. The number of hydrogen-bond donors (Lipinski definition) is 1. The van der Waals surface area contributed by atoms with Gasteiger partial charge in [-0.05, 0) is 55.7 Å². The normalized spacial score (nSPS) is 10.8. The van der Waals surface area contributed by atoms with Crippen LogP contribution in [-0.2, 0) is 6.42 Å². The number of anilines is 1. The Morgan fingerprint density at radius 2 is 1.84 bits per heavy atom. The first-order valence-electron chi connectivity index (χ1n) is 8.51. The Kier molecular flexibility index (Phi) is 4.98. The van der Waals surface area contributed by atoms with Crippen LogP contribution in [0, 0.1) is 6.92 Å². The van der Waals surface area contributed by atoms with Crippen LogP contribution in [0.4, 0.5) is 5.69 Å². The zero-order chi connectivity index (χ0) is 17.8. The van der Waals surface area contributed by atoms with E-state index in [4.69, 9.17) is 4.42 Å². The van der Waals surface area contributed by atoms with Gasteiger partial charge in [-0.25, -0.2) is 4.79 Å². The van der Waals surface area contributed by atoms with Gasteiger partial charge in [-0.2, -0.15) is 0 Å². The van der Waals surface area contributed by atoms with E-state index in [9.17, 15) is 9.59 Å². The summed E-state index contributed by atoms with van der Waals surface area (Å²) in [6.45, 7) is 4.11. The van der Waals surface area contributed by atoms with E-state index in [0.29, 0.717) is 11.3 Å². The van der Waals surface area contributed by atoms with E-state index in [2.05, 4.69) is 12.2 Å². The van der Waals surface area contributed by atoms with Gasteiger partial charge in [0.2, 0.25) is 0 Å². The molecule has 4 nitrogen and oxygen atoms in total. The molecule has 0 bridgehead atoms. The van der Waals surface area contributed by atoms with Crippen molar-refractivity contribution in [2.45, 2.75) is 33.1 Å². The number of hydrogen-bond acceptors (Lipinski definition) is 3. The lowest BCUT2D eigenvalue weighted by Gasteiger charge is -2.07. The number of fused-ring (bicyclic) bond motifs is 1. The van der Waals surface area contributed by atoms with Crippen molar-refractivity contribution in [3.8, 4) is 0 Å². The van der Waals surface area contributed by atoms with Gasteiger partial charge in [0, 0.05) is 11.1 Å². The predicted octanol–water partition coefficient (Wildman–Crippen LogP) is 4.70. The maximum absolute atomic E-state index is 12.4. The number of aryl methyl sites for hydroxylation is 2. The molecular formula is C21H21NO3. The second-order valence-electron chi connectivity index (χ2n) is 6.24. The molecule has 1 aromatic heterocycles. The molecule has 1 amide bonds. The van der Waals surface area contributed by atoms with Gasteiger partial charge in [0.25, 0.3) is 5.91 Å². The van der Waals surface area contributed by atoms with Gasteiger partial charge < -0.3 is 9.73 Å². The highest BCUT2D eigenvalue weighted by atomic mass is 16.4. The van der Waals surface area contributed by atoms with Crippen molar-refractivity contribution in [2.75, 3.05) is 5.32 Å². The highest BCUT2D eigenvalue weighted by Crippen LogP contribution is 2.17. The topological polar surface area (TPSA) is 59.3 Å². The molecule has 0 aliphatic rings. The molecule has 0 fully saturated rings.